The van der Waals surface area contributed by atoms with Crippen molar-refractivity contribution in [3.63, 3.8) is 0 Å². The van der Waals surface area contributed by atoms with E-state index < -0.39 is 12.6 Å². The molecule has 2 fully saturated rings. The molecule has 33 heavy (non-hydrogen) atoms. The lowest BCUT2D eigenvalue weighted by Crippen LogP contribution is -2.53. The monoisotopic (exact) mass is 476 g/mol. The van der Waals surface area contributed by atoms with E-state index in [2.05, 4.69) is 44.0 Å². The van der Waals surface area contributed by atoms with Gasteiger partial charge in [0, 0.05) is 30.6 Å². The highest BCUT2D eigenvalue weighted by atomic mass is 32.1. The second-order valence-corrected chi connectivity index (χ2v) is 9.96. The van der Waals surface area contributed by atoms with Gasteiger partial charge in [0.2, 0.25) is 0 Å². The predicted octanol–water partition coefficient (Wildman–Crippen LogP) is 5.06. The number of nitrogens with zero attached hydrogens (tertiary/aromatic N) is 4. The Kier molecular flexibility index (Phi) is 6.53. The van der Waals surface area contributed by atoms with Gasteiger partial charge in [-0.2, -0.15) is 13.2 Å². The van der Waals surface area contributed by atoms with Crippen molar-refractivity contribution in [3.8, 4) is 0 Å². The smallest absolute Gasteiger partial charge is 0.378 e. The highest BCUT2D eigenvalue weighted by molar-refractivity contribution is 7.18. The molecule has 3 aromatic rings. The Morgan fingerprint density at radius 1 is 1.06 bits per heavy atom. The number of rotatable bonds is 6. The fourth-order valence-corrected chi connectivity index (χ4v) is 5.84. The largest absolute Gasteiger partial charge is 0.393 e. The second-order valence-electron chi connectivity index (χ2n) is 8.84. The van der Waals surface area contributed by atoms with Crippen molar-refractivity contribution in [2.45, 2.75) is 50.5 Å². The number of halogens is 3. The lowest BCUT2D eigenvalue weighted by Gasteiger charge is -2.42. The number of hydrogen-bond donors (Lipinski definition) is 0. The van der Waals surface area contributed by atoms with Gasteiger partial charge in [-0.05, 0) is 30.9 Å². The molecular formula is C24H27F3N4OS. The molecule has 0 unspecified atom stereocenters. The summed E-state index contributed by atoms with van der Waals surface area (Å²) < 4.78 is 44.2. The molecule has 0 bridgehead atoms. The van der Waals surface area contributed by atoms with Gasteiger partial charge in [-0.15, -0.1) is 11.3 Å². The van der Waals surface area contributed by atoms with Crippen LogP contribution in [-0.2, 0) is 17.7 Å². The SMILES string of the molecule is FC(F)(F)Cc1cc2c(N3CCC[C@@H](N(Cc4ccccc4)C4COC4)CC3)ncnc2s1. The molecule has 176 valence electrons. The quantitative estimate of drug-likeness (QED) is 0.498. The van der Waals surface area contributed by atoms with Crippen LogP contribution in [0.25, 0.3) is 10.2 Å². The molecule has 1 atom stereocenters. The maximum absolute atomic E-state index is 12.9. The molecule has 9 heteroatoms. The van der Waals surface area contributed by atoms with Gasteiger partial charge in [-0.25, -0.2) is 9.97 Å². The van der Waals surface area contributed by atoms with Gasteiger partial charge in [0.25, 0.3) is 0 Å². The third-order valence-corrected chi connectivity index (χ3v) is 7.54. The van der Waals surface area contributed by atoms with Crippen molar-refractivity contribution < 1.29 is 17.9 Å². The first kappa shape index (κ1) is 22.6. The van der Waals surface area contributed by atoms with Crippen LogP contribution in [-0.4, -0.2) is 59.4 Å². The van der Waals surface area contributed by atoms with Crippen molar-refractivity contribution in [2.24, 2.45) is 0 Å². The van der Waals surface area contributed by atoms with Crippen LogP contribution in [0.1, 0.15) is 29.7 Å². The molecule has 0 spiro atoms. The van der Waals surface area contributed by atoms with Crippen molar-refractivity contribution in [1.82, 2.24) is 14.9 Å². The summed E-state index contributed by atoms with van der Waals surface area (Å²) >= 11 is 1.11. The Morgan fingerprint density at radius 3 is 2.61 bits per heavy atom. The van der Waals surface area contributed by atoms with Gasteiger partial charge in [0.1, 0.15) is 17.0 Å². The van der Waals surface area contributed by atoms with E-state index in [0.717, 1.165) is 74.7 Å². The zero-order valence-corrected chi connectivity index (χ0v) is 19.1. The maximum Gasteiger partial charge on any atom is 0.393 e. The van der Waals surface area contributed by atoms with Gasteiger partial charge < -0.3 is 9.64 Å². The zero-order chi connectivity index (χ0) is 22.8. The summed E-state index contributed by atoms with van der Waals surface area (Å²) in [6.07, 6.45) is -0.605. The number of fused-ring (bicyclic) bond motifs is 1. The number of aromatic nitrogens is 2. The number of hydrogen-bond acceptors (Lipinski definition) is 6. The molecule has 0 N–H and O–H groups in total. The Balaban J connectivity index is 1.33. The maximum atomic E-state index is 12.9. The Bertz CT molecular complexity index is 1070. The summed E-state index contributed by atoms with van der Waals surface area (Å²) in [7, 11) is 0. The summed E-state index contributed by atoms with van der Waals surface area (Å²) in [5.74, 6) is 0.756. The van der Waals surface area contributed by atoms with Crippen LogP contribution in [0, 0.1) is 0 Å². The number of alkyl halides is 3. The van der Waals surface area contributed by atoms with E-state index in [0.29, 0.717) is 16.9 Å². The number of benzene rings is 1. The van der Waals surface area contributed by atoms with Crippen LogP contribution in [0.3, 0.4) is 0 Å². The van der Waals surface area contributed by atoms with Crippen LogP contribution in [0.2, 0.25) is 0 Å². The van der Waals surface area contributed by atoms with E-state index in [1.54, 1.807) is 6.07 Å². The van der Waals surface area contributed by atoms with Gasteiger partial charge in [0.15, 0.2) is 0 Å². The van der Waals surface area contributed by atoms with Crippen LogP contribution < -0.4 is 4.90 Å². The minimum atomic E-state index is -4.22. The summed E-state index contributed by atoms with van der Waals surface area (Å²) in [4.78, 5) is 14.4. The Labute approximate surface area is 195 Å². The summed E-state index contributed by atoms with van der Waals surface area (Å²) in [6.45, 7) is 4.11. The van der Waals surface area contributed by atoms with Crippen molar-refractivity contribution in [1.29, 1.82) is 0 Å². The fraction of sp³-hybridized carbons (Fsp3) is 0.500. The molecule has 0 radical (unpaired) electrons. The summed E-state index contributed by atoms with van der Waals surface area (Å²) in [6, 6.07) is 13.0. The van der Waals surface area contributed by atoms with Gasteiger partial charge >= 0.3 is 6.18 Å². The van der Waals surface area contributed by atoms with Gasteiger partial charge in [0.05, 0.1) is 31.1 Å². The first-order chi connectivity index (χ1) is 16.0. The van der Waals surface area contributed by atoms with Gasteiger partial charge in [-0.1, -0.05) is 30.3 Å². The van der Waals surface area contributed by atoms with E-state index >= 15 is 0 Å². The third kappa shape index (κ3) is 5.31. The average Bonchev–Trinajstić information content (AvgIpc) is 2.98. The molecule has 0 saturated carbocycles. The van der Waals surface area contributed by atoms with E-state index in [1.165, 1.54) is 11.9 Å². The van der Waals surface area contributed by atoms with Crippen LogP contribution in [0.15, 0.2) is 42.7 Å². The average molecular weight is 477 g/mol. The first-order valence-corrected chi connectivity index (χ1v) is 12.2. The van der Waals surface area contributed by atoms with E-state index in [-0.39, 0.29) is 4.88 Å². The summed E-state index contributed by atoms with van der Waals surface area (Å²) in [5.41, 5.74) is 1.30. The van der Waals surface area contributed by atoms with Crippen molar-refractivity contribution in [3.05, 3.63) is 53.2 Å². The molecule has 1 aromatic carbocycles. The van der Waals surface area contributed by atoms with Crippen LogP contribution in [0.5, 0.6) is 0 Å². The zero-order valence-electron chi connectivity index (χ0n) is 18.3. The number of thiophene rings is 1. The van der Waals surface area contributed by atoms with E-state index in [1.807, 2.05) is 6.07 Å². The molecule has 5 rings (SSSR count). The highest BCUT2D eigenvalue weighted by Crippen LogP contribution is 2.35. The second kappa shape index (κ2) is 9.56. The van der Waals surface area contributed by atoms with Crippen molar-refractivity contribution >= 4 is 27.4 Å². The van der Waals surface area contributed by atoms with Crippen LogP contribution in [0.4, 0.5) is 19.0 Å². The lowest BCUT2D eigenvalue weighted by atomic mass is 10.0. The fourth-order valence-electron chi connectivity index (χ4n) is 4.82. The van der Waals surface area contributed by atoms with E-state index in [4.69, 9.17) is 4.74 Å². The Morgan fingerprint density at radius 2 is 1.88 bits per heavy atom. The number of anilines is 1. The molecule has 2 saturated heterocycles. The molecule has 2 aliphatic rings. The molecule has 0 aliphatic carbocycles. The first-order valence-electron chi connectivity index (χ1n) is 11.4. The molecule has 0 amide bonds. The molecule has 2 aromatic heterocycles. The predicted molar refractivity (Wildman–Crippen MR) is 124 cm³/mol. The standard InChI is InChI=1S/C24H27F3N4OS/c25-24(26,27)12-20-11-21-22(28-16-29-23(21)33-20)30-9-4-7-18(8-10-30)31(19-14-32-15-19)13-17-5-2-1-3-6-17/h1-3,5-6,11,16,18-19H,4,7-10,12-15H2/t18-/m1/s1. The Hall–Kier alpha value is -2.23. The van der Waals surface area contributed by atoms with E-state index in [9.17, 15) is 13.2 Å². The van der Waals surface area contributed by atoms with Crippen LogP contribution >= 0.6 is 11.3 Å². The van der Waals surface area contributed by atoms with Crippen molar-refractivity contribution in [2.75, 3.05) is 31.2 Å². The molecule has 4 heterocycles. The minimum absolute atomic E-state index is 0.283. The summed E-state index contributed by atoms with van der Waals surface area (Å²) in [5, 5.41) is 0.730. The molecule has 5 nitrogen and oxygen atoms in total. The van der Waals surface area contributed by atoms with Gasteiger partial charge in [-0.3, -0.25) is 4.90 Å². The third-order valence-electron chi connectivity index (χ3n) is 6.50. The minimum Gasteiger partial charge on any atom is -0.378 e. The normalized spacial score (nSPS) is 20.2. The lowest BCUT2D eigenvalue weighted by molar-refractivity contribution is -0.126. The topological polar surface area (TPSA) is 41.5 Å². The molecular weight excluding hydrogens is 449 g/mol. The highest BCUT2D eigenvalue weighted by Gasteiger charge is 2.33. The molecule has 2 aliphatic heterocycles. The number of ether oxygens (including phenoxy) is 1.